The lowest BCUT2D eigenvalue weighted by Crippen LogP contribution is -1.68. The van der Waals surface area contributed by atoms with Gasteiger partial charge in [0.2, 0.25) is 0 Å². The maximum Gasteiger partial charge on any atom is 0.123 e. The maximum absolute atomic E-state index is 12.7. The second-order valence-corrected chi connectivity index (χ2v) is 4.26. The summed E-state index contributed by atoms with van der Waals surface area (Å²) in [6, 6.07) is 6.90. The molecule has 0 bridgehead atoms. The second-order valence-electron chi connectivity index (χ2n) is 2.53. The fraction of sp³-hybridized carbons (Fsp3) is 0.111. The number of rotatable bonds is 1. The summed E-state index contributed by atoms with van der Waals surface area (Å²) >= 11 is 5.06. The van der Waals surface area contributed by atoms with Crippen LogP contribution in [0.15, 0.2) is 24.3 Å². The van der Waals surface area contributed by atoms with E-state index >= 15 is 0 Å². The van der Waals surface area contributed by atoms with Crippen LogP contribution in [0.2, 0.25) is 0 Å². The topological polar surface area (TPSA) is 0 Å². The van der Waals surface area contributed by atoms with Gasteiger partial charge < -0.3 is 0 Å². The number of benzene rings is 1. The van der Waals surface area contributed by atoms with Crippen LogP contribution in [-0.4, -0.2) is 0 Å². The minimum atomic E-state index is -0.165. The summed E-state index contributed by atoms with van der Waals surface area (Å²) in [5.41, 5.74) is 0. The molecular formula is C9H6BrFS. The van der Waals surface area contributed by atoms with Crippen molar-refractivity contribution in [2.45, 2.75) is 5.33 Å². The molecule has 0 radical (unpaired) electrons. The average Bonchev–Trinajstić information content (AvgIpc) is 2.46. The van der Waals surface area contributed by atoms with Crippen LogP contribution in [0.1, 0.15) is 4.88 Å². The van der Waals surface area contributed by atoms with E-state index in [4.69, 9.17) is 0 Å². The highest BCUT2D eigenvalue weighted by molar-refractivity contribution is 9.08. The first-order valence-electron chi connectivity index (χ1n) is 3.53. The van der Waals surface area contributed by atoms with E-state index in [-0.39, 0.29) is 5.82 Å². The Hall–Kier alpha value is -0.410. The zero-order valence-corrected chi connectivity index (χ0v) is 8.58. The van der Waals surface area contributed by atoms with Crippen LogP contribution in [0.3, 0.4) is 0 Å². The highest BCUT2D eigenvalue weighted by Crippen LogP contribution is 2.27. The molecule has 0 fully saturated rings. The van der Waals surface area contributed by atoms with Crippen molar-refractivity contribution in [2.75, 3.05) is 0 Å². The molecule has 0 N–H and O–H groups in total. The van der Waals surface area contributed by atoms with Crippen molar-refractivity contribution in [3.05, 3.63) is 35.0 Å². The molecule has 1 aromatic carbocycles. The van der Waals surface area contributed by atoms with Crippen molar-refractivity contribution in [1.29, 1.82) is 0 Å². The molecule has 0 aliphatic rings. The van der Waals surface area contributed by atoms with E-state index in [1.165, 1.54) is 10.9 Å². The molecule has 12 heavy (non-hydrogen) atoms. The molecule has 62 valence electrons. The molecule has 0 atom stereocenters. The van der Waals surface area contributed by atoms with Gasteiger partial charge in [0.05, 0.1) is 0 Å². The van der Waals surface area contributed by atoms with Crippen molar-refractivity contribution in [1.82, 2.24) is 0 Å². The van der Waals surface area contributed by atoms with Crippen molar-refractivity contribution < 1.29 is 4.39 Å². The lowest BCUT2D eigenvalue weighted by Gasteiger charge is -1.86. The third-order valence-corrected chi connectivity index (χ3v) is 3.75. The molecule has 1 aromatic heterocycles. The first-order chi connectivity index (χ1) is 5.79. The maximum atomic E-state index is 12.7. The summed E-state index contributed by atoms with van der Waals surface area (Å²) in [6.45, 7) is 0. The third kappa shape index (κ3) is 1.39. The van der Waals surface area contributed by atoms with Gasteiger partial charge >= 0.3 is 0 Å². The highest BCUT2D eigenvalue weighted by Gasteiger charge is 2.00. The number of thiophene rings is 1. The predicted octanol–water partition coefficient (Wildman–Crippen LogP) is 3.94. The van der Waals surface area contributed by atoms with Gasteiger partial charge in [-0.1, -0.05) is 15.9 Å². The zero-order valence-electron chi connectivity index (χ0n) is 6.18. The fourth-order valence-corrected chi connectivity index (χ4v) is 2.53. The van der Waals surface area contributed by atoms with Gasteiger partial charge in [0.15, 0.2) is 0 Å². The zero-order chi connectivity index (χ0) is 8.55. The number of hydrogen-bond acceptors (Lipinski definition) is 1. The normalized spacial score (nSPS) is 10.8. The van der Waals surface area contributed by atoms with Crippen molar-refractivity contribution >= 4 is 37.4 Å². The second kappa shape index (κ2) is 3.15. The molecule has 0 saturated heterocycles. The molecule has 0 spiro atoms. The molecule has 2 rings (SSSR count). The quantitative estimate of drug-likeness (QED) is 0.667. The van der Waals surface area contributed by atoms with Gasteiger partial charge in [-0.05, 0) is 29.7 Å². The molecule has 0 unspecified atom stereocenters. The van der Waals surface area contributed by atoms with E-state index in [1.807, 2.05) is 12.1 Å². The lowest BCUT2D eigenvalue weighted by atomic mass is 10.2. The van der Waals surface area contributed by atoms with Crippen molar-refractivity contribution in [2.24, 2.45) is 0 Å². The average molecular weight is 245 g/mol. The molecule has 0 aliphatic heterocycles. The summed E-state index contributed by atoms with van der Waals surface area (Å²) in [6.07, 6.45) is 0. The minimum Gasteiger partial charge on any atom is -0.207 e. The number of alkyl halides is 1. The Morgan fingerprint density at radius 3 is 2.92 bits per heavy atom. The van der Waals surface area contributed by atoms with E-state index < -0.39 is 0 Å². The van der Waals surface area contributed by atoms with E-state index in [9.17, 15) is 4.39 Å². The van der Waals surface area contributed by atoms with Crippen molar-refractivity contribution in [3.8, 4) is 0 Å². The summed E-state index contributed by atoms with van der Waals surface area (Å²) in [5.74, 6) is -0.165. The Balaban J connectivity index is 2.67. The van der Waals surface area contributed by atoms with Crippen LogP contribution >= 0.6 is 27.3 Å². The Morgan fingerprint density at radius 1 is 1.33 bits per heavy atom. The molecular weight excluding hydrogens is 239 g/mol. The summed E-state index contributed by atoms with van der Waals surface area (Å²) in [4.78, 5) is 1.23. The molecule has 1 heterocycles. The molecule has 0 aliphatic carbocycles. The number of fused-ring (bicyclic) bond motifs is 1. The molecule has 0 saturated carbocycles. The molecule has 0 nitrogen and oxygen atoms in total. The Bertz CT molecular complexity index is 408. The van der Waals surface area contributed by atoms with Gasteiger partial charge in [0, 0.05) is 14.9 Å². The monoisotopic (exact) mass is 244 g/mol. The van der Waals surface area contributed by atoms with Gasteiger partial charge in [-0.2, -0.15) is 0 Å². The van der Waals surface area contributed by atoms with Crippen LogP contribution in [0.25, 0.3) is 10.1 Å². The van der Waals surface area contributed by atoms with E-state index in [0.717, 1.165) is 15.4 Å². The number of hydrogen-bond donors (Lipinski definition) is 0. The largest absolute Gasteiger partial charge is 0.207 e. The standard InChI is InChI=1S/C9H6BrFS/c10-5-8-4-6-3-7(11)1-2-9(6)12-8/h1-4H,5H2. The minimum absolute atomic E-state index is 0.165. The van der Waals surface area contributed by atoms with Crippen LogP contribution in [0.4, 0.5) is 4.39 Å². The van der Waals surface area contributed by atoms with Crippen LogP contribution in [0, 0.1) is 5.82 Å². The summed E-state index contributed by atoms with van der Waals surface area (Å²) in [7, 11) is 0. The van der Waals surface area contributed by atoms with Crippen molar-refractivity contribution in [3.63, 3.8) is 0 Å². The van der Waals surface area contributed by atoms with Crippen LogP contribution in [0.5, 0.6) is 0 Å². The van der Waals surface area contributed by atoms with Gasteiger partial charge in [0.1, 0.15) is 5.82 Å². The lowest BCUT2D eigenvalue weighted by molar-refractivity contribution is 0.630. The SMILES string of the molecule is Fc1ccc2sc(CBr)cc2c1. The van der Waals surface area contributed by atoms with E-state index in [1.54, 1.807) is 17.4 Å². The Kier molecular flexibility index (Phi) is 2.15. The smallest absolute Gasteiger partial charge is 0.123 e. The Labute approximate surface area is 82.2 Å². The van der Waals surface area contributed by atoms with Gasteiger partial charge in [-0.25, -0.2) is 4.39 Å². The molecule has 2 aromatic rings. The molecule has 0 amide bonds. The summed E-state index contributed by atoms with van der Waals surface area (Å²) < 4.78 is 13.9. The first kappa shape index (κ1) is 8.20. The van der Waals surface area contributed by atoms with Gasteiger partial charge in [0.25, 0.3) is 0 Å². The van der Waals surface area contributed by atoms with Crippen LogP contribution < -0.4 is 0 Å². The third-order valence-electron chi connectivity index (χ3n) is 1.66. The first-order valence-corrected chi connectivity index (χ1v) is 5.47. The molecule has 3 heteroatoms. The Morgan fingerprint density at radius 2 is 2.17 bits per heavy atom. The van der Waals surface area contributed by atoms with Crippen LogP contribution in [-0.2, 0) is 5.33 Å². The summed E-state index contributed by atoms with van der Waals surface area (Å²) in [5, 5.41) is 1.84. The van der Waals surface area contributed by atoms with Gasteiger partial charge in [-0.15, -0.1) is 11.3 Å². The van der Waals surface area contributed by atoms with E-state index in [0.29, 0.717) is 0 Å². The highest BCUT2D eigenvalue weighted by atomic mass is 79.9. The van der Waals surface area contributed by atoms with E-state index in [2.05, 4.69) is 15.9 Å². The fourth-order valence-electron chi connectivity index (χ4n) is 1.14. The predicted molar refractivity (Wildman–Crippen MR) is 54.4 cm³/mol. The number of halogens is 2. The van der Waals surface area contributed by atoms with Gasteiger partial charge in [-0.3, -0.25) is 0 Å².